The lowest BCUT2D eigenvalue weighted by atomic mass is 10.1. The van der Waals surface area contributed by atoms with Crippen LogP contribution in [0.2, 0.25) is 0 Å². The number of hydrogen-bond acceptors (Lipinski definition) is 7. The average molecular weight is 492 g/mol. The lowest BCUT2D eigenvalue weighted by molar-refractivity contribution is -0.387. The zero-order chi connectivity index (χ0) is 26.4. The third-order valence-corrected chi connectivity index (χ3v) is 5.20. The van der Waals surface area contributed by atoms with Gasteiger partial charge in [-0.15, -0.1) is 0 Å². The number of esters is 1. The third kappa shape index (κ3) is 5.74. The molecule has 1 amide bonds. The van der Waals surface area contributed by atoms with Crippen molar-refractivity contribution in [3.05, 3.63) is 87.0 Å². The molecule has 0 saturated carbocycles. The Morgan fingerprint density at radius 1 is 1.19 bits per heavy atom. The Labute approximate surface area is 205 Å². The van der Waals surface area contributed by atoms with Gasteiger partial charge in [-0.1, -0.05) is 0 Å². The molecule has 0 spiro atoms. The first-order valence-electron chi connectivity index (χ1n) is 10.5. The number of anilines is 1. The first kappa shape index (κ1) is 25.6. The van der Waals surface area contributed by atoms with E-state index in [0.29, 0.717) is 11.3 Å². The summed E-state index contributed by atoms with van der Waals surface area (Å²) in [4.78, 5) is 34.4. The van der Waals surface area contributed by atoms with Crippen molar-refractivity contribution in [1.29, 1.82) is 5.26 Å². The normalized spacial score (nSPS) is 10.9. The number of carbonyl (C=O) groups excluding carboxylic acids is 2. The fourth-order valence-corrected chi connectivity index (χ4v) is 3.49. The molecule has 184 valence electrons. The molecule has 3 rings (SSSR count). The molecule has 1 heterocycles. The van der Waals surface area contributed by atoms with Crippen LogP contribution in [0, 0.1) is 41.1 Å². The van der Waals surface area contributed by atoms with Crippen LogP contribution >= 0.6 is 0 Å². The van der Waals surface area contributed by atoms with Crippen LogP contribution in [0.15, 0.2) is 54.1 Å². The number of benzene rings is 2. The van der Waals surface area contributed by atoms with Crippen molar-refractivity contribution >= 4 is 29.3 Å². The SMILES string of the molecule is COc1ccc(-n2c(C)cc(/C=C(\C#N)C(=O)OCC(=O)Nc3ccc(F)c([N+](=O)[O-])c3)c2C)cc1. The lowest BCUT2D eigenvalue weighted by Gasteiger charge is -2.10. The number of amides is 1. The molecule has 0 aliphatic rings. The fraction of sp³-hybridized carbons (Fsp3) is 0.160. The largest absolute Gasteiger partial charge is 0.497 e. The molecule has 11 heteroatoms. The summed E-state index contributed by atoms with van der Waals surface area (Å²) in [6, 6.07) is 13.8. The Hall–Kier alpha value is -4.98. The minimum absolute atomic E-state index is 0.0498. The molecule has 0 bridgehead atoms. The van der Waals surface area contributed by atoms with Crippen LogP contribution in [0.4, 0.5) is 15.8 Å². The van der Waals surface area contributed by atoms with Gasteiger partial charge < -0.3 is 19.4 Å². The summed E-state index contributed by atoms with van der Waals surface area (Å²) in [7, 11) is 1.57. The van der Waals surface area contributed by atoms with Crippen LogP contribution in [0.3, 0.4) is 0 Å². The second-order valence-corrected chi connectivity index (χ2v) is 7.58. The molecule has 0 atom stereocenters. The molecular weight excluding hydrogens is 471 g/mol. The predicted octanol–water partition coefficient (Wildman–Crippen LogP) is 4.24. The summed E-state index contributed by atoms with van der Waals surface area (Å²) in [6.45, 7) is 2.95. The van der Waals surface area contributed by atoms with Gasteiger partial charge in [0, 0.05) is 28.8 Å². The van der Waals surface area contributed by atoms with E-state index < -0.39 is 34.9 Å². The molecule has 3 aromatic rings. The van der Waals surface area contributed by atoms with Crippen molar-refractivity contribution in [3.8, 4) is 17.5 Å². The summed E-state index contributed by atoms with van der Waals surface area (Å²) in [5, 5.41) is 22.6. The van der Waals surface area contributed by atoms with E-state index in [9.17, 15) is 29.4 Å². The molecule has 0 aliphatic heterocycles. The number of nitro groups is 1. The van der Waals surface area contributed by atoms with Gasteiger partial charge in [0.15, 0.2) is 6.61 Å². The minimum Gasteiger partial charge on any atom is -0.497 e. The Bertz CT molecular complexity index is 1400. The number of rotatable bonds is 8. The van der Waals surface area contributed by atoms with Crippen molar-refractivity contribution in [2.75, 3.05) is 19.0 Å². The number of aromatic nitrogens is 1. The Balaban J connectivity index is 1.71. The minimum atomic E-state index is -1.06. The van der Waals surface area contributed by atoms with Gasteiger partial charge in [-0.25, -0.2) is 4.79 Å². The molecule has 2 aromatic carbocycles. The zero-order valence-electron chi connectivity index (χ0n) is 19.6. The van der Waals surface area contributed by atoms with Crippen molar-refractivity contribution < 1.29 is 28.4 Å². The molecule has 10 nitrogen and oxygen atoms in total. The summed E-state index contributed by atoms with van der Waals surface area (Å²) in [5.74, 6) is -2.19. The van der Waals surface area contributed by atoms with Crippen LogP contribution in [0.25, 0.3) is 11.8 Å². The van der Waals surface area contributed by atoms with E-state index >= 15 is 0 Å². The Morgan fingerprint density at radius 3 is 2.50 bits per heavy atom. The van der Waals surface area contributed by atoms with E-state index in [-0.39, 0.29) is 11.3 Å². The van der Waals surface area contributed by atoms with E-state index in [1.807, 2.05) is 42.7 Å². The number of nitrogens with zero attached hydrogens (tertiary/aromatic N) is 3. The van der Waals surface area contributed by atoms with Gasteiger partial charge in [0.1, 0.15) is 17.4 Å². The van der Waals surface area contributed by atoms with Crippen LogP contribution in [-0.2, 0) is 14.3 Å². The van der Waals surface area contributed by atoms with Gasteiger partial charge in [-0.3, -0.25) is 14.9 Å². The van der Waals surface area contributed by atoms with E-state index in [1.54, 1.807) is 19.2 Å². The molecule has 0 radical (unpaired) electrons. The molecule has 36 heavy (non-hydrogen) atoms. The van der Waals surface area contributed by atoms with Gasteiger partial charge in [0.05, 0.1) is 12.0 Å². The maximum absolute atomic E-state index is 13.4. The van der Waals surface area contributed by atoms with Crippen molar-refractivity contribution in [2.24, 2.45) is 0 Å². The van der Waals surface area contributed by atoms with Crippen LogP contribution < -0.4 is 10.1 Å². The molecule has 0 unspecified atom stereocenters. The molecular formula is C25H21FN4O6. The van der Waals surface area contributed by atoms with Crippen molar-refractivity contribution in [2.45, 2.75) is 13.8 Å². The highest BCUT2D eigenvalue weighted by atomic mass is 19.1. The number of hydrogen-bond donors (Lipinski definition) is 1. The number of nitrogens with one attached hydrogen (secondary N) is 1. The first-order valence-corrected chi connectivity index (χ1v) is 10.5. The zero-order valence-corrected chi connectivity index (χ0v) is 19.6. The molecule has 1 N–H and O–H groups in total. The number of nitro benzene ring substituents is 1. The maximum atomic E-state index is 13.4. The lowest BCUT2D eigenvalue weighted by Crippen LogP contribution is -2.21. The van der Waals surface area contributed by atoms with Crippen LogP contribution in [0.1, 0.15) is 17.0 Å². The number of carbonyl (C=O) groups is 2. The summed E-state index contributed by atoms with van der Waals surface area (Å²) < 4.78 is 25.5. The monoisotopic (exact) mass is 492 g/mol. The number of methoxy groups -OCH3 is 1. The van der Waals surface area contributed by atoms with Gasteiger partial charge in [-0.05, 0) is 68.0 Å². The molecule has 0 fully saturated rings. The van der Waals surface area contributed by atoms with Crippen molar-refractivity contribution in [1.82, 2.24) is 4.57 Å². The molecule has 1 aromatic heterocycles. The topological polar surface area (TPSA) is 136 Å². The number of aryl methyl sites for hydroxylation is 1. The predicted molar refractivity (Wildman–Crippen MR) is 128 cm³/mol. The van der Waals surface area contributed by atoms with Gasteiger partial charge in [-0.2, -0.15) is 9.65 Å². The van der Waals surface area contributed by atoms with E-state index in [2.05, 4.69) is 5.32 Å². The molecule has 0 aliphatic carbocycles. The highest BCUT2D eigenvalue weighted by Gasteiger charge is 2.18. The number of ether oxygens (including phenoxy) is 2. The highest BCUT2D eigenvalue weighted by molar-refractivity contribution is 6.00. The van der Waals surface area contributed by atoms with Gasteiger partial charge in [0.2, 0.25) is 5.82 Å². The Kier molecular flexibility index (Phi) is 7.81. The smallest absolute Gasteiger partial charge is 0.349 e. The third-order valence-electron chi connectivity index (χ3n) is 5.20. The second-order valence-electron chi connectivity index (χ2n) is 7.58. The van der Waals surface area contributed by atoms with Gasteiger partial charge in [0.25, 0.3) is 5.91 Å². The summed E-state index contributed by atoms with van der Waals surface area (Å²) in [5.41, 5.74) is 1.92. The van der Waals surface area contributed by atoms with E-state index in [4.69, 9.17) is 9.47 Å². The van der Waals surface area contributed by atoms with Gasteiger partial charge >= 0.3 is 11.7 Å². The van der Waals surface area contributed by atoms with E-state index in [1.165, 1.54) is 6.08 Å². The second kappa shape index (κ2) is 11.0. The standard InChI is InChI=1S/C25H21FN4O6/c1-15-10-17(16(2)29(15)20-5-7-21(35-3)8-6-20)11-18(13-27)25(32)36-14-24(31)28-19-4-9-22(26)23(12-19)30(33)34/h4-12H,14H2,1-3H3,(H,28,31)/b18-11+. The summed E-state index contributed by atoms with van der Waals surface area (Å²) >= 11 is 0. The number of halogens is 1. The average Bonchev–Trinajstić information content (AvgIpc) is 3.14. The highest BCUT2D eigenvalue weighted by Crippen LogP contribution is 2.25. The quantitative estimate of drug-likeness (QED) is 0.163. The first-order chi connectivity index (χ1) is 17.1. The van der Waals surface area contributed by atoms with E-state index in [0.717, 1.165) is 35.3 Å². The summed E-state index contributed by atoms with van der Waals surface area (Å²) in [6.07, 6.45) is 1.37. The van der Waals surface area contributed by atoms with Crippen molar-refractivity contribution in [3.63, 3.8) is 0 Å². The number of nitriles is 1. The Morgan fingerprint density at radius 2 is 1.89 bits per heavy atom. The molecule has 0 saturated heterocycles. The maximum Gasteiger partial charge on any atom is 0.349 e. The fourth-order valence-electron chi connectivity index (χ4n) is 3.49. The van der Waals surface area contributed by atoms with Crippen LogP contribution in [0.5, 0.6) is 5.75 Å². The van der Waals surface area contributed by atoms with Crippen LogP contribution in [-0.4, -0.2) is 35.1 Å².